The number of nitrogens with one attached hydrogen (secondary N) is 2. The van der Waals surface area contributed by atoms with Gasteiger partial charge in [0, 0.05) is 10.6 Å². The van der Waals surface area contributed by atoms with Crippen molar-refractivity contribution in [1.82, 2.24) is 4.72 Å². The van der Waals surface area contributed by atoms with Gasteiger partial charge >= 0.3 is 5.97 Å². The standard InChI is InChI=1S/C15H16N2O5S2/c1-10-6-7-14(23-10)24(20,21)16-9-13(18)17-12-5-3-4-11(8-12)15(19)22-2/h3-8,16H,9H2,1-2H3,(H,17,18). The number of carbonyl (C=O) groups is 2. The van der Waals surface area contributed by atoms with Gasteiger partial charge in [0.05, 0.1) is 19.2 Å². The Morgan fingerprint density at radius 1 is 1.21 bits per heavy atom. The normalized spacial score (nSPS) is 11.1. The molecule has 0 spiro atoms. The van der Waals surface area contributed by atoms with Crippen LogP contribution in [-0.2, 0) is 19.6 Å². The highest BCUT2D eigenvalue weighted by atomic mass is 32.2. The van der Waals surface area contributed by atoms with E-state index in [1.54, 1.807) is 31.2 Å². The second kappa shape index (κ2) is 7.56. The number of anilines is 1. The molecule has 2 rings (SSSR count). The monoisotopic (exact) mass is 368 g/mol. The predicted octanol–water partition coefficient (Wildman–Crippen LogP) is 1.76. The van der Waals surface area contributed by atoms with E-state index in [2.05, 4.69) is 14.8 Å². The molecule has 24 heavy (non-hydrogen) atoms. The van der Waals surface area contributed by atoms with Crippen molar-refractivity contribution in [3.63, 3.8) is 0 Å². The van der Waals surface area contributed by atoms with Gasteiger partial charge in [0.2, 0.25) is 5.91 Å². The maximum Gasteiger partial charge on any atom is 0.337 e. The van der Waals surface area contributed by atoms with Crippen LogP contribution in [0.2, 0.25) is 0 Å². The Morgan fingerprint density at radius 3 is 2.58 bits per heavy atom. The molecule has 0 aliphatic heterocycles. The lowest BCUT2D eigenvalue weighted by Gasteiger charge is -2.08. The van der Waals surface area contributed by atoms with Gasteiger partial charge in [-0.1, -0.05) is 6.07 Å². The number of amides is 1. The van der Waals surface area contributed by atoms with Gasteiger partial charge in [-0.05, 0) is 37.3 Å². The minimum atomic E-state index is -3.72. The van der Waals surface area contributed by atoms with Crippen LogP contribution >= 0.6 is 11.3 Å². The zero-order valence-electron chi connectivity index (χ0n) is 13.0. The number of carbonyl (C=O) groups excluding carboxylic acids is 2. The first-order chi connectivity index (χ1) is 11.3. The maximum atomic E-state index is 12.0. The Bertz CT molecular complexity index is 858. The van der Waals surface area contributed by atoms with Gasteiger partial charge in [-0.2, -0.15) is 0 Å². The topological polar surface area (TPSA) is 102 Å². The maximum absolute atomic E-state index is 12.0. The molecule has 0 radical (unpaired) electrons. The molecule has 0 aliphatic rings. The first-order valence-electron chi connectivity index (χ1n) is 6.86. The van der Waals surface area contributed by atoms with E-state index in [-0.39, 0.29) is 9.77 Å². The predicted molar refractivity (Wildman–Crippen MR) is 90.7 cm³/mol. The Morgan fingerprint density at radius 2 is 1.96 bits per heavy atom. The molecular weight excluding hydrogens is 352 g/mol. The van der Waals surface area contributed by atoms with Crippen molar-refractivity contribution in [2.75, 3.05) is 19.0 Å². The molecule has 2 N–H and O–H groups in total. The summed E-state index contributed by atoms with van der Waals surface area (Å²) in [5.41, 5.74) is 0.652. The summed E-state index contributed by atoms with van der Waals surface area (Å²) in [5, 5.41) is 2.52. The van der Waals surface area contributed by atoms with Gasteiger partial charge in [-0.3, -0.25) is 4.79 Å². The summed E-state index contributed by atoms with van der Waals surface area (Å²) in [6.07, 6.45) is 0. The molecule has 1 amide bonds. The molecule has 0 fully saturated rings. The number of hydrogen-bond donors (Lipinski definition) is 2. The van der Waals surface area contributed by atoms with Crippen LogP contribution < -0.4 is 10.0 Å². The molecule has 128 valence electrons. The highest BCUT2D eigenvalue weighted by Gasteiger charge is 2.17. The van der Waals surface area contributed by atoms with Crippen LogP contribution in [-0.4, -0.2) is 33.9 Å². The van der Waals surface area contributed by atoms with Crippen LogP contribution in [0.25, 0.3) is 0 Å². The lowest BCUT2D eigenvalue weighted by Crippen LogP contribution is -2.32. The third-order valence-corrected chi connectivity index (χ3v) is 5.86. The molecule has 0 atom stereocenters. The van der Waals surface area contributed by atoms with Gasteiger partial charge in [0.25, 0.3) is 10.0 Å². The van der Waals surface area contributed by atoms with Gasteiger partial charge in [-0.25, -0.2) is 17.9 Å². The number of thiophene rings is 1. The van der Waals surface area contributed by atoms with Crippen LogP contribution in [0.15, 0.2) is 40.6 Å². The zero-order chi connectivity index (χ0) is 17.7. The summed E-state index contributed by atoms with van der Waals surface area (Å²) in [5.74, 6) is -1.08. The minimum Gasteiger partial charge on any atom is -0.465 e. The van der Waals surface area contributed by atoms with Crippen molar-refractivity contribution in [3.05, 3.63) is 46.8 Å². The van der Waals surface area contributed by atoms with Crippen LogP contribution in [0.4, 0.5) is 5.69 Å². The van der Waals surface area contributed by atoms with Crippen molar-refractivity contribution in [2.45, 2.75) is 11.1 Å². The molecule has 1 aromatic carbocycles. The van der Waals surface area contributed by atoms with Crippen molar-refractivity contribution < 1.29 is 22.7 Å². The Labute approximate surface area is 143 Å². The summed E-state index contributed by atoms with van der Waals surface area (Å²) in [6.45, 7) is 1.38. The number of ether oxygens (including phenoxy) is 1. The Hall–Kier alpha value is -2.23. The molecule has 0 aliphatic carbocycles. The highest BCUT2D eigenvalue weighted by molar-refractivity contribution is 7.91. The number of methoxy groups -OCH3 is 1. The molecule has 0 bridgehead atoms. The SMILES string of the molecule is COC(=O)c1cccc(NC(=O)CNS(=O)(=O)c2ccc(C)s2)c1. The highest BCUT2D eigenvalue weighted by Crippen LogP contribution is 2.20. The fourth-order valence-electron chi connectivity index (χ4n) is 1.84. The Kier molecular flexibility index (Phi) is 5.71. The summed E-state index contributed by atoms with van der Waals surface area (Å²) < 4.78 is 31.1. The lowest BCUT2D eigenvalue weighted by molar-refractivity contribution is -0.115. The smallest absolute Gasteiger partial charge is 0.337 e. The third-order valence-electron chi connectivity index (χ3n) is 2.97. The number of aryl methyl sites for hydroxylation is 1. The van der Waals surface area contributed by atoms with Gasteiger partial charge in [0.1, 0.15) is 4.21 Å². The summed E-state index contributed by atoms with van der Waals surface area (Å²) in [4.78, 5) is 24.2. The quantitative estimate of drug-likeness (QED) is 0.757. The van der Waals surface area contributed by atoms with Crippen LogP contribution in [0.1, 0.15) is 15.2 Å². The van der Waals surface area contributed by atoms with Crippen LogP contribution in [0.5, 0.6) is 0 Å². The van der Waals surface area contributed by atoms with Crippen molar-refractivity contribution in [2.24, 2.45) is 0 Å². The van der Waals surface area contributed by atoms with Crippen molar-refractivity contribution >= 4 is 38.9 Å². The second-order valence-electron chi connectivity index (χ2n) is 4.81. The molecule has 1 aromatic heterocycles. The fraction of sp³-hybridized carbons (Fsp3) is 0.200. The second-order valence-corrected chi connectivity index (χ2v) is 8.09. The van der Waals surface area contributed by atoms with Crippen molar-refractivity contribution in [3.8, 4) is 0 Å². The fourth-order valence-corrected chi connectivity index (χ4v) is 4.15. The molecule has 9 heteroatoms. The average Bonchev–Trinajstić information content (AvgIpc) is 3.00. The summed E-state index contributed by atoms with van der Waals surface area (Å²) in [7, 11) is -2.46. The third kappa shape index (κ3) is 4.63. The molecular formula is C15H16N2O5S2. The number of esters is 1. The van der Waals surface area contributed by atoms with Crippen molar-refractivity contribution in [1.29, 1.82) is 0 Å². The van der Waals surface area contributed by atoms with Crippen LogP contribution in [0.3, 0.4) is 0 Å². The molecule has 7 nitrogen and oxygen atoms in total. The number of benzene rings is 1. The summed E-state index contributed by atoms with van der Waals surface area (Å²) >= 11 is 1.12. The first kappa shape index (κ1) is 18.1. The van der Waals surface area contributed by atoms with E-state index in [1.165, 1.54) is 19.2 Å². The first-order valence-corrected chi connectivity index (χ1v) is 9.16. The molecule has 0 saturated carbocycles. The van der Waals surface area contributed by atoms with E-state index in [9.17, 15) is 18.0 Å². The zero-order valence-corrected chi connectivity index (χ0v) is 14.7. The van der Waals surface area contributed by atoms with Gasteiger partial charge in [0.15, 0.2) is 0 Å². The summed E-state index contributed by atoms with van der Waals surface area (Å²) in [6, 6.07) is 9.34. The molecule has 1 heterocycles. The van der Waals surface area contributed by atoms with Crippen LogP contribution in [0, 0.1) is 6.92 Å². The van der Waals surface area contributed by atoms with Gasteiger partial charge < -0.3 is 10.1 Å². The molecule has 2 aromatic rings. The largest absolute Gasteiger partial charge is 0.465 e. The number of sulfonamides is 1. The molecule has 0 unspecified atom stereocenters. The number of hydrogen-bond acceptors (Lipinski definition) is 6. The Balaban J connectivity index is 1.98. The number of rotatable bonds is 6. The van der Waals surface area contributed by atoms with E-state index in [1.807, 2.05) is 0 Å². The average molecular weight is 368 g/mol. The van der Waals surface area contributed by atoms with E-state index in [0.717, 1.165) is 16.2 Å². The lowest BCUT2D eigenvalue weighted by atomic mass is 10.2. The minimum absolute atomic E-state index is 0.153. The van der Waals surface area contributed by atoms with E-state index < -0.39 is 28.4 Å². The van der Waals surface area contributed by atoms with Gasteiger partial charge in [-0.15, -0.1) is 11.3 Å². The molecule has 0 saturated heterocycles. The van der Waals surface area contributed by atoms with E-state index >= 15 is 0 Å². The van der Waals surface area contributed by atoms with E-state index in [4.69, 9.17) is 0 Å². The van der Waals surface area contributed by atoms with E-state index in [0.29, 0.717) is 5.69 Å².